The third-order valence-corrected chi connectivity index (χ3v) is 3.21. The quantitative estimate of drug-likeness (QED) is 0.935. The Morgan fingerprint density at radius 3 is 2.67 bits per heavy atom. The van der Waals surface area contributed by atoms with E-state index in [1.165, 1.54) is 4.90 Å². The van der Waals surface area contributed by atoms with E-state index in [0.717, 1.165) is 5.69 Å². The number of benzene rings is 1. The van der Waals surface area contributed by atoms with Crippen LogP contribution in [0.15, 0.2) is 47.1 Å². The van der Waals surface area contributed by atoms with E-state index < -0.39 is 0 Å². The second-order valence-electron chi connectivity index (χ2n) is 4.57. The van der Waals surface area contributed by atoms with Crippen molar-refractivity contribution < 1.29 is 18.7 Å². The van der Waals surface area contributed by atoms with Gasteiger partial charge in [0.2, 0.25) is 0 Å². The van der Waals surface area contributed by atoms with Gasteiger partial charge >= 0.3 is 6.09 Å². The zero-order valence-electron chi connectivity index (χ0n) is 11.2. The largest absolute Gasteiger partial charge is 0.467 e. The van der Waals surface area contributed by atoms with E-state index >= 15 is 0 Å². The first-order valence-corrected chi connectivity index (χ1v) is 6.59. The lowest BCUT2D eigenvalue weighted by Crippen LogP contribution is -2.24. The highest BCUT2D eigenvalue weighted by Crippen LogP contribution is 2.19. The number of ether oxygens (including phenoxy) is 1. The Kier molecular flexibility index (Phi) is 3.59. The number of carbonyl (C=O) groups excluding carboxylic acids is 2. The first kappa shape index (κ1) is 13.2. The Labute approximate surface area is 121 Å². The fourth-order valence-electron chi connectivity index (χ4n) is 2.10. The lowest BCUT2D eigenvalue weighted by atomic mass is 10.2. The summed E-state index contributed by atoms with van der Waals surface area (Å²) >= 11 is 0. The van der Waals surface area contributed by atoms with Gasteiger partial charge in [0.25, 0.3) is 5.91 Å². The average molecular weight is 286 g/mol. The molecule has 1 fully saturated rings. The topological polar surface area (TPSA) is 71.8 Å². The molecule has 1 aliphatic rings. The number of amides is 2. The molecule has 1 N–H and O–H groups in total. The van der Waals surface area contributed by atoms with Crippen LogP contribution in [-0.4, -0.2) is 25.2 Å². The second-order valence-corrected chi connectivity index (χ2v) is 4.57. The monoisotopic (exact) mass is 286 g/mol. The molecule has 0 spiro atoms. The van der Waals surface area contributed by atoms with Gasteiger partial charge in [-0.25, -0.2) is 4.79 Å². The highest BCUT2D eigenvalue weighted by atomic mass is 16.6. The SMILES string of the molecule is O=C(NCc1ccco1)c1ccc(N2CCOC2=O)cc1. The summed E-state index contributed by atoms with van der Waals surface area (Å²) in [6, 6.07) is 10.4. The molecule has 2 heterocycles. The van der Waals surface area contributed by atoms with Gasteiger partial charge in [-0.05, 0) is 36.4 Å². The van der Waals surface area contributed by atoms with Gasteiger partial charge < -0.3 is 14.5 Å². The highest BCUT2D eigenvalue weighted by Gasteiger charge is 2.23. The predicted octanol–water partition coefficient (Wildman–Crippen LogP) is 2.17. The van der Waals surface area contributed by atoms with Gasteiger partial charge in [-0.2, -0.15) is 0 Å². The van der Waals surface area contributed by atoms with E-state index in [0.29, 0.717) is 31.0 Å². The van der Waals surface area contributed by atoms with Crippen molar-refractivity contribution in [1.29, 1.82) is 0 Å². The van der Waals surface area contributed by atoms with E-state index in [2.05, 4.69) is 5.32 Å². The minimum Gasteiger partial charge on any atom is -0.467 e. The minimum atomic E-state index is -0.356. The second kappa shape index (κ2) is 5.70. The van der Waals surface area contributed by atoms with E-state index in [1.807, 2.05) is 0 Å². The number of furan rings is 1. The van der Waals surface area contributed by atoms with Gasteiger partial charge in [-0.15, -0.1) is 0 Å². The molecule has 0 saturated carbocycles. The molecule has 0 bridgehead atoms. The first-order valence-electron chi connectivity index (χ1n) is 6.59. The van der Waals surface area contributed by atoms with E-state index in [4.69, 9.17) is 9.15 Å². The molecular weight excluding hydrogens is 272 g/mol. The van der Waals surface area contributed by atoms with Crippen molar-refractivity contribution in [2.24, 2.45) is 0 Å². The maximum Gasteiger partial charge on any atom is 0.414 e. The van der Waals surface area contributed by atoms with Crippen molar-refractivity contribution >= 4 is 17.7 Å². The third kappa shape index (κ3) is 2.89. The Bertz CT molecular complexity index is 634. The normalized spacial score (nSPS) is 14.1. The molecule has 108 valence electrons. The molecule has 0 atom stereocenters. The molecule has 1 aromatic carbocycles. The number of hydrogen-bond acceptors (Lipinski definition) is 4. The summed E-state index contributed by atoms with van der Waals surface area (Å²) in [7, 11) is 0. The number of cyclic esters (lactones) is 1. The lowest BCUT2D eigenvalue weighted by molar-refractivity contribution is 0.0948. The Morgan fingerprint density at radius 2 is 2.05 bits per heavy atom. The summed E-state index contributed by atoms with van der Waals surface area (Å²) in [5.74, 6) is 0.502. The van der Waals surface area contributed by atoms with Gasteiger partial charge in [0.05, 0.1) is 19.4 Å². The summed E-state index contributed by atoms with van der Waals surface area (Å²) in [5, 5.41) is 2.76. The fraction of sp³-hybridized carbons (Fsp3) is 0.200. The smallest absolute Gasteiger partial charge is 0.414 e. The molecule has 1 aliphatic heterocycles. The Hall–Kier alpha value is -2.76. The van der Waals surface area contributed by atoms with Crippen LogP contribution < -0.4 is 10.2 Å². The van der Waals surface area contributed by atoms with Gasteiger partial charge in [-0.1, -0.05) is 0 Å². The molecule has 2 aromatic rings. The zero-order chi connectivity index (χ0) is 14.7. The van der Waals surface area contributed by atoms with Crippen molar-refractivity contribution in [2.45, 2.75) is 6.54 Å². The Balaban J connectivity index is 1.63. The summed E-state index contributed by atoms with van der Waals surface area (Å²) in [6.45, 7) is 1.26. The van der Waals surface area contributed by atoms with Gasteiger partial charge in [0.1, 0.15) is 12.4 Å². The highest BCUT2D eigenvalue weighted by molar-refractivity contribution is 5.95. The van der Waals surface area contributed by atoms with Crippen LogP contribution >= 0.6 is 0 Å². The number of nitrogens with zero attached hydrogens (tertiary/aromatic N) is 1. The Morgan fingerprint density at radius 1 is 1.24 bits per heavy atom. The molecule has 6 nitrogen and oxygen atoms in total. The van der Waals surface area contributed by atoms with Crippen LogP contribution in [0.4, 0.5) is 10.5 Å². The molecule has 0 radical (unpaired) electrons. The third-order valence-electron chi connectivity index (χ3n) is 3.21. The molecule has 0 aliphatic carbocycles. The maximum atomic E-state index is 12.0. The van der Waals surface area contributed by atoms with Crippen molar-refractivity contribution in [1.82, 2.24) is 5.32 Å². The van der Waals surface area contributed by atoms with Crippen LogP contribution in [0, 0.1) is 0 Å². The minimum absolute atomic E-state index is 0.193. The van der Waals surface area contributed by atoms with Crippen molar-refractivity contribution in [3.8, 4) is 0 Å². The van der Waals surface area contributed by atoms with Gasteiger partial charge in [-0.3, -0.25) is 9.69 Å². The summed E-state index contributed by atoms with van der Waals surface area (Å²) in [6.07, 6.45) is 1.20. The van der Waals surface area contributed by atoms with Crippen LogP contribution in [0.5, 0.6) is 0 Å². The van der Waals surface area contributed by atoms with E-state index in [-0.39, 0.29) is 12.0 Å². The molecule has 0 unspecified atom stereocenters. The van der Waals surface area contributed by atoms with Gasteiger partial charge in [0, 0.05) is 11.3 Å². The van der Waals surface area contributed by atoms with Crippen molar-refractivity contribution in [2.75, 3.05) is 18.1 Å². The van der Waals surface area contributed by atoms with Crippen LogP contribution in [0.2, 0.25) is 0 Å². The van der Waals surface area contributed by atoms with Gasteiger partial charge in [0.15, 0.2) is 0 Å². The average Bonchev–Trinajstić information content (AvgIpc) is 3.16. The number of nitrogens with one attached hydrogen (secondary N) is 1. The predicted molar refractivity (Wildman–Crippen MR) is 75.0 cm³/mol. The van der Waals surface area contributed by atoms with Crippen LogP contribution in [0.1, 0.15) is 16.1 Å². The van der Waals surface area contributed by atoms with E-state index in [1.54, 1.807) is 42.7 Å². The van der Waals surface area contributed by atoms with Crippen molar-refractivity contribution in [3.05, 3.63) is 54.0 Å². The lowest BCUT2D eigenvalue weighted by Gasteiger charge is -2.12. The fourth-order valence-corrected chi connectivity index (χ4v) is 2.10. The maximum absolute atomic E-state index is 12.0. The van der Waals surface area contributed by atoms with Crippen molar-refractivity contribution in [3.63, 3.8) is 0 Å². The number of hydrogen-bond donors (Lipinski definition) is 1. The van der Waals surface area contributed by atoms with E-state index in [9.17, 15) is 9.59 Å². The summed E-state index contributed by atoms with van der Waals surface area (Å²) < 4.78 is 10.0. The molecule has 21 heavy (non-hydrogen) atoms. The van der Waals surface area contributed by atoms with Crippen LogP contribution in [-0.2, 0) is 11.3 Å². The number of carbonyl (C=O) groups is 2. The standard InChI is InChI=1S/C15H14N2O4/c18-14(16-10-13-2-1-8-20-13)11-3-5-12(6-4-11)17-7-9-21-15(17)19/h1-6,8H,7,9-10H2,(H,16,18). The van der Waals surface area contributed by atoms with Crippen LogP contribution in [0.25, 0.3) is 0 Å². The number of rotatable bonds is 4. The van der Waals surface area contributed by atoms with Crippen LogP contribution in [0.3, 0.4) is 0 Å². The molecule has 2 amide bonds. The molecule has 1 saturated heterocycles. The molecule has 3 rings (SSSR count). The molecule has 6 heteroatoms. The molecule has 1 aromatic heterocycles. The summed E-state index contributed by atoms with van der Waals surface area (Å²) in [5.41, 5.74) is 1.25. The zero-order valence-corrected chi connectivity index (χ0v) is 11.2. The summed E-state index contributed by atoms with van der Waals surface area (Å²) in [4.78, 5) is 25.0. The number of anilines is 1. The molecular formula is C15H14N2O4. The first-order chi connectivity index (χ1) is 10.2.